The van der Waals surface area contributed by atoms with Crippen molar-refractivity contribution in [3.63, 3.8) is 0 Å². The van der Waals surface area contributed by atoms with Gasteiger partial charge in [-0.05, 0) is 79.7 Å². The zero-order chi connectivity index (χ0) is 27.1. The third-order valence-electron chi connectivity index (χ3n) is 6.57. The van der Waals surface area contributed by atoms with E-state index in [1.54, 1.807) is 12.2 Å². The predicted molar refractivity (Wildman–Crippen MR) is 171 cm³/mol. The molecule has 0 saturated heterocycles. The summed E-state index contributed by atoms with van der Waals surface area (Å²) in [6.07, 6.45) is 17.3. The van der Waals surface area contributed by atoms with E-state index in [0.717, 1.165) is 44.1 Å². The van der Waals surface area contributed by atoms with E-state index in [2.05, 4.69) is 88.2 Å². The van der Waals surface area contributed by atoms with Gasteiger partial charge in [-0.15, -0.1) is 9.39 Å². The zero-order valence-electron chi connectivity index (χ0n) is 23.4. The first-order valence-corrected chi connectivity index (χ1v) is 15.3. The largest absolute Gasteiger partial charge is 0.309 e. The molecule has 2 N–H and O–H groups in total. The molecule has 2 nitrogen and oxygen atoms in total. The van der Waals surface area contributed by atoms with E-state index in [4.69, 9.17) is 5.41 Å². The Morgan fingerprint density at radius 3 is 2.44 bits per heavy atom. The summed E-state index contributed by atoms with van der Waals surface area (Å²) in [4.78, 5) is 1.34. The lowest BCUT2D eigenvalue weighted by molar-refractivity contribution is 0.572. The van der Waals surface area contributed by atoms with Crippen LogP contribution in [0.25, 0.3) is 6.08 Å². The van der Waals surface area contributed by atoms with Gasteiger partial charge in [0.15, 0.2) is 0 Å². The van der Waals surface area contributed by atoms with Gasteiger partial charge < -0.3 is 5.41 Å². The Morgan fingerprint density at radius 1 is 1.14 bits per heavy atom. The van der Waals surface area contributed by atoms with E-state index in [1.165, 1.54) is 58.2 Å². The van der Waals surface area contributed by atoms with Gasteiger partial charge in [0.25, 0.3) is 0 Å². The molecule has 0 bridgehead atoms. The molecule has 0 radical (unpaired) electrons. The molecule has 3 heteroatoms. The summed E-state index contributed by atoms with van der Waals surface area (Å²) in [5, 5.41) is 6.77. The second-order valence-electron chi connectivity index (χ2n) is 9.96. The fourth-order valence-electron chi connectivity index (χ4n) is 4.17. The van der Waals surface area contributed by atoms with Crippen molar-refractivity contribution in [3.05, 3.63) is 88.4 Å². The minimum atomic E-state index is -1.51. The Labute approximate surface area is 223 Å². The number of unbranched alkanes of at least 4 members (excludes halogenated alkanes) is 2. The molecule has 1 aromatic carbocycles. The van der Waals surface area contributed by atoms with Gasteiger partial charge >= 0.3 is 0 Å². The van der Waals surface area contributed by atoms with Crippen LogP contribution in [-0.4, -0.2) is 24.0 Å². The van der Waals surface area contributed by atoms with Gasteiger partial charge in [-0.1, -0.05) is 106 Å². The van der Waals surface area contributed by atoms with Crippen LogP contribution in [0.2, 0.25) is 0 Å². The van der Waals surface area contributed by atoms with Crippen LogP contribution in [-0.2, 0) is 6.42 Å². The lowest BCUT2D eigenvalue weighted by atomic mass is 10.0. The number of rotatable bonds is 15. The van der Waals surface area contributed by atoms with Gasteiger partial charge in [-0.2, -0.15) is 0 Å². The molecule has 1 aliphatic carbocycles. The van der Waals surface area contributed by atoms with Crippen molar-refractivity contribution < 1.29 is 0 Å². The van der Waals surface area contributed by atoms with Crippen LogP contribution in [0.5, 0.6) is 0 Å². The highest BCUT2D eigenvalue weighted by Crippen LogP contribution is 2.39. The van der Waals surface area contributed by atoms with Crippen LogP contribution >= 0.6 is 9.39 Å². The van der Waals surface area contributed by atoms with Crippen LogP contribution in [0.3, 0.4) is 0 Å². The molecule has 36 heavy (non-hydrogen) atoms. The van der Waals surface area contributed by atoms with E-state index in [0.29, 0.717) is 0 Å². The van der Waals surface area contributed by atoms with Crippen molar-refractivity contribution in [2.45, 2.75) is 91.5 Å². The van der Waals surface area contributed by atoms with Crippen molar-refractivity contribution in [1.29, 1.82) is 5.41 Å². The summed E-state index contributed by atoms with van der Waals surface area (Å²) in [7, 11) is -1.51. The fraction of sp³-hybridized carbons (Fsp3) is 0.424. The summed E-state index contributed by atoms with van der Waals surface area (Å²) in [6.45, 7) is 20.5. The monoisotopic (exact) mass is 506 g/mol. The molecule has 1 atom stereocenters. The zero-order valence-corrected chi connectivity index (χ0v) is 24.2. The van der Waals surface area contributed by atoms with Crippen LogP contribution in [0.15, 0.2) is 71.7 Å². The van der Waals surface area contributed by atoms with Crippen LogP contribution < -0.4 is 4.72 Å². The van der Waals surface area contributed by atoms with E-state index >= 15 is 0 Å². The molecule has 2 rings (SSSR count). The smallest absolute Gasteiger partial charge is 0.0369 e. The van der Waals surface area contributed by atoms with E-state index in [-0.39, 0.29) is 6.04 Å². The highest BCUT2D eigenvalue weighted by atomic mass is 32.2. The molecule has 0 spiro atoms. The van der Waals surface area contributed by atoms with Crippen LogP contribution in [0.4, 0.5) is 0 Å². The van der Waals surface area contributed by atoms with Gasteiger partial charge in [0, 0.05) is 18.7 Å². The van der Waals surface area contributed by atoms with Gasteiger partial charge in [-0.3, -0.25) is 4.72 Å². The summed E-state index contributed by atoms with van der Waals surface area (Å²) in [6, 6.07) is 6.97. The highest BCUT2D eigenvalue weighted by molar-refractivity contribution is 8.29. The quantitative estimate of drug-likeness (QED) is 0.0802. The molecule has 0 heterocycles. The SMILES string of the molecule is C=C(CC)CCCCCC(NS(=C)(=C)C1=Cc2ccc(C)cc2C1)C(=C)C.C=C/C(=C\C=N)CCC. The van der Waals surface area contributed by atoms with Gasteiger partial charge in [-0.25, -0.2) is 0 Å². The molecule has 1 unspecified atom stereocenters. The highest BCUT2D eigenvalue weighted by Gasteiger charge is 2.19. The van der Waals surface area contributed by atoms with E-state index in [1.807, 2.05) is 0 Å². The molecule has 0 fully saturated rings. The standard InChI is InChI=1S/C25H37NS.C8H13N/c1-8-20(4)12-10-9-11-13-25(19(2)3)26-27(6,7)24-17-22-15-14-21(5)16-23(22)18-24;1-3-5-8(4-2)6-7-9/h14-17,25-26H,2,4,6-13,18H2,1,3,5H3;4,6-7,9H,2-3,5H2,1H3/b;8-6+,9-7?. The normalized spacial score (nSPS) is 13.7. The molecule has 0 aromatic heterocycles. The number of fused-ring (bicyclic) bond motifs is 1. The number of aryl methyl sites for hydroxylation is 1. The summed E-state index contributed by atoms with van der Waals surface area (Å²) < 4.78 is 3.77. The first-order chi connectivity index (χ1) is 17.1. The molecule has 1 aromatic rings. The summed E-state index contributed by atoms with van der Waals surface area (Å²) >= 11 is 0. The second-order valence-corrected chi connectivity index (χ2v) is 12.5. The average molecular weight is 507 g/mol. The maximum absolute atomic E-state index is 6.77. The van der Waals surface area contributed by atoms with Crippen molar-refractivity contribution in [1.82, 2.24) is 4.72 Å². The average Bonchev–Trinajstić information content (AvgIpc) is 3.27. The van der Waals surface area contributed by atoms with Crippen molar-refractivity contribution in [3.8, 4) is 0 Å². The van der Waals surface area contributed by atoms with Gasteiger partial charge in [0.05, 0.1) is 0 Å². The van der Waals surface area contributed by atoms with Crippen molar-refractivity contribution in [2.75, 3.05) is 0 Å². The fourth-order valence-corrected chi connectivity index (χ4v) is 5.97. The van der Waals surface area contributed by atoms with Crippen LogP contribution in [0, 0.1) is 12.3 Å². The minimum absolute atomic E-state index is 0.288. The number of hydrogen-bond donors (Lipinski definition) is 2. The van der Waals surface area contributed by atoms with Gasteiger partial charge in [0.2, 0.25) is 0 Å². The first-order valence-electron chi connectivity index (χ1n) is 13.3. The Bertz CT molecular complexity index is 1070. The number of allylic oxidation sites excluding steroid dienone is 5. The maximum Gasteiger partial charge on any atom is 0.0369 e. The second kappa shape index (κ2) is 16.4. The molecule has 0 aliphatic heterocycles. The lowest BCUT2D eigenvalue weighted by Gasteiger charge is -2.26. The number of hydrogen-bond acceptors (Lipinski definition) is 2. The third-order valence-corrected chi connectivity index (χ3v) is 8.57. The van der Waals surface area contributed by atoms with E-state index in [9.17, 15) is 0 Å². The molecule has 0 amide bonds. The molecular weight excluding hydrogens is 456 g/mol. The Kier molecular flexibility index (Phi) is 14.4. The lowest BCUT2D eigenvalue weighted by Crippen LogP contribution is -2.27. The summed E-state index contributed by atoms with van der Waals surface area (Å²) in [5.41, 5.74) is 7.74. The third kappa shape index (κ3) is 11.1. The maximum atomic E-state index is 6.77. The molecule has 198 valence electrons. The predicted octanol–water partition coefficient (Wildman–Crippen LogP) is 9.48. The number of benzene rings is 1. The minimum Gasteiger partial charge on any atom is -0.309 e. The Morgan fingerprint density at radius 2 is 1.86 bits per heavy atom. The Hall–Kier alpha value is -2.36. The molecule has 0 saturated carbocycles. The van der Waals surface area contributed by atoms with Crippen molar-refractivity contribution in [2.24, 2.45) is 0 Å². The first kappa shape index (κ1) is 31.7. The summed E-state index contributed by atoms with van der Waals surface area (Å²) in [5.74, 6) is 9.00. The number of nitrogens with one attached hydrogen (secondary N) is 2. The van der Waals surface area contributed by atoms with Crippen LogP contribution in [0.1, 0.15) is 88.8 Å². The van der Waals surface area contributed by atoms with E-state index < -0.39 is 9.39 Å². The topological polar surface area (TPSA) is 35.9 Å². The Balaban J connectivity index is 0.000000613. The molecular formula is C33H50N2S. The van der Waals surface area contributed by atoms with Gasteiger partial charge in [0.1, 0.15) is 0 Å². The molecule has 1 aliphatic rings. The van der Waals surface area contributed by atoms with Crippen molar-refractivity contribution >= 4 is 33.4 Å².